The lowest BCUT2D eigenvalue weighted by Crippen LogP contribution is -2.44. The molecule has 0 aliphatic carbocycles. The molecule has 3 rings (SSSR count). The Morgan fingerprint density at radius 1 is 1.04 bits per heavy atom. The summed E-state index contributed by atoms with van der Waals surface area (Å²) in [5.74, 6) is -3.49. The van der Waals surface area contributed by atoms with E-state index in [-0.39, 0.29) is 16.8 Å². The number of nitrogens with zero attached hydrogens (tertiary/aromatic N) is 1. The molecule has 150 valence electrons. The number of alkyl halides is 2. The van der Waals surface area contributed by atoms with Gasteiger partial charge in [0.2, 0.25) is 9.84 Å². The fraction of sp³-hybridized carbons (Fsp3) is 0.350. The summed E-state index contributed by atoms with van der Waals surface area (Å²) in [6.45, 7) is 2.18. The van der Waals surface area contributed by atoms with E-state index in [9.17, 15) is 22.0 Å². The van der Waals surface area contributed by atoms with Crippen LogP contribution in [0.25, 0.3) is 0 Å². The van der Waals surface area contributed by atoms with Crippen molar-refractivity contribution in [1.29, 1.82) is 0 Å². The first-order chi connectivity index (χ1) is 13.4. The van der Waals surface area contributed by atoms with Gasteiger partial charge < -0.3 is 5.32 Å². The molecule has 1 amide bonds. The zero-order valence-corrected chi connectivity index (χ0v) is 16.0. The second-order valence-electron chi connectivity index (χ2n) is 6.84. The lowest BCUT2D eigenvalue weighted by atomic mass is 10.0. The second kappa shape index (κ2) is 8.79. The lowest BCUT2D eigenvalue weighted by Gasteiger charge is -2.32. The topological polar surface area (TPSA) is 66.5 Å². The van der Waals surface area contributed by atoms with Crippen LogP contribution in [-0.4, -0.2) is 44.1 Å². The van der Waals surface area contributed by atoms with Gasteiger partial charge in [0, 0.05) is 31.2 Å². The zero-order valence-electron chi connectivity index (χ0n) is 15.2. The molecule has 2 aromatic carbocycles. The molecule has 0 spiro atoms. The van der Waals surface area contributed by atoms with Crippen LogP contribution in [0.15, 0.2) is 59.5 Å². The average Bonchev–Trinajstić information content (AvgIpc) is 2.70. The van der Waals surface area contributed by atoms with Crippen LogP contribution in [0.4, 0.5) is 8.78 Å². The summed E-state index contributed by atoms with van der Waals surface area (Å²) >= 11 is 0. The molecule has 28 heavy (non-hydrogen) atoms. The van der Waals surface area contributed by atoms with Crippen LogP contribution in [-0.2, 0) is 16.4 Å². The van der Waals surface area contributed by atoms with E-state index in [1.807, 2.05) is 18.2 Å². The molecule has 0 saturated carbocycles. The molecule has 5 nitrogen and oxygen atoms in total. The third-order valence-electron chi connectivity index (χ3n) is 4.85. The third kappa shape index (κ3) is 4.94. The van der Waals surface area contributed by atoms with Crippen molar-refractivity contribution in [2.75, 3.05) is 13.1 Å². The van der Waals surface area contributed by atoms with Crippen LogP contribution in [0.5, 0.6) is 0 Å². The van der Waals surface area contributed by atoms with Gasteiger partial charge in [-0.1, -0.05) is 30.3 Å². The Bertz CT molecular complexity index is 895. The van der Waals surface area contributed by atoms with E-state index in [0.29, 0.717) is 12.1 Å². The number of hydrogen-bond acceptors (Lipinski definition) is 4. The van der Waals surface area contributed by atoms with Crippen LogP contribution >= 0.6 is 0 Å². The molecule has 1 N–H and O–H groups in total. The second-order valence-corrected chi connectivity index (χ2v) is 8.76. The van der Waals surface area contributed by atoms with E-state index in [1.54, 1.807) is 24.3 Å². The molecular weight excluding hydrogens is 386 g/mol. The number of rotatable bonds is 6. The predicted molar refractivity (Wildman–Crippen MR) is 102 cm³/mol. The largest absolute Gasteiger partial charge is 0.349 e. The van der Waals surface area contributed by atoms with Crippen molar-refractivity contribution in [3.63, 3.8) is 0 Å². The molecule has 1 aliphatic rings. The zero-order chi connectivity index (χ0) is 20.1. The van der Waals surface area contributed by atoms with E-state index in [1.165, 1.54) is 12.1 Å². The molecule has 2 aromatic rings. The third-order valence-corrected chi connectivity index (χ3v) is 6.25. The Labute approximate surface area is 163 Å². The normalized spacial score (nSPS) is 16.2. The number of amides is 1. The molecule has 0 radical (unpaired) electrons. The van der Waals surface area contributed by atoms with Gasteiger partial charge in [0.1, 0.15) is 0 Å². The fourth-order valence-electron chi connectivity index (χ4n) is 3.24. The van der Waals surface area contributed by atoms with Gasteiger partial charge >= 0.3 is 5.76 Å². The SMILES string of the molecule is O=C(NC1CCN(Cc2ccc(S(=O)(=O)C(F)F)cc2)CC1)c1ccccc1. The molecular formula is C20H22F2N2O3S. The van der Waals surface area contributed by atoms with Crippen molar-refractivity contribution >= 4 is 15.7 Å². The number of halogens is 2. The fourth-order valence-corrected chi connectivity index (χ4v) is 3.96. The van der Waals surface area contributed by atoms with Gasteiger partial charge in [-0.3, -0.25) is 9.69 Å². The molecule has 0 unspecified atom stereocenters. The van der Waals surface area contributed by atoms with Gasteiger partial charge in [-0.25, -0.2) is 8.42 Å². The van der Waals surface area contributed by atoms with Crippen molar-refractivity contribution < 1.29 is 22.0 Å². The highest BCUT2D eigenvalue weighted by molar-refractivity contribution is 7.91. The first-order valence-corrected chi connectivity index (χ1v) is 10.6. The molecule has 1 heterocycles. The van der Waals surface area contributed by atoms with Gasteiger partial charge in [-0.15, -0.1) is 0 Å². The molecule has 1 fully saturated rings. The monoisotopic (exact) mass is 408 g/mol. The standard InChI is InChI=1S/C20H22F2N2O3S/c21-20(22)28(26,27)18-8-6-15(7-9-18)14-24-12-10-17(11-13-24)23-19(25)16-4-2-1-3-5-16/h1-9,17,20H,10-14H2,(H,23,25). The highest BCUT2D eigenvalue weighted by atomic mass is 32.2. The summed E-state index contributed by atoms with van der Waals surface area (Å²) in [4.78, 5) is 14.0. The summed E-state index contributed by atoms with van der Waals surface area (Å²) in [7, 11) is -4.56. The van der Waals surface area contributed by atoms with Gasteiger partial charge in [0.05, 0.1) is 4.90 Å². The van der Waals surface area contributed by atoms with Crippen LogP contribution in [0, 0.1) is 0 Å². The Balaban J connectivity index is 1.50. The summed E-state index contributed by atoms with van der Waals surface area (Å²) in [5, 5.41) is 3.05. The highest BCUT2D eigenvalue weighted by Crippen LogP contribution is 2.20. The smallest absolute Gasteiger partial charge is 0.341 e. The Morgan fingerprint density at radius 3 is 2.21 bits per heavy atom. The maximum absolute atomic E-state index is 12.6. The summed E-state index contributed by atoms with van der Waals surface area (Å²) < 4.78 is 48.1. The van der Waals surface area contributed by atoms with E-state index in [0.717, 1.165) is 31.5 Å². The average molecular weight is 408 g/mol. The summed E-state index contributed by atoms with van der Waals surface area (Å²) in [6.07, 6.45) is 1.63. The molecule has 1 saturated heterocycles. The van der Waals surface area contributed by atoms with E-state index in [4.69, 9.17) is 0 Å². The highest BCUT2D eigenvalue weighted by Gasteiger charge is 2.26. The molecule has 0 aromatic heterocycles. The van der Waals surface area contributed by atoms with Gasteiger partial charge in [0.15, 0.2) is 0 Å². The maximum Gasteiger partial charge on any atom is 0.341 e. The number of carbonyl (C=O) groups excluding carboxylic acids is 1. The lowest BCUT2D eigenvalue weighted by molar-refractivity contribution is 0.0909. The first-order valence-electron chi connectivity index (χ1n) is 9.05. The Morgan fingerprint density at radius 2 is 1.64 bits per heavy atom. The number of sulfone groups is 1. The van der Waals surface area contributed by atoms with Crippen LogP contribution in [0.2, 0.25) is 0 Å². The van der Waals surface area contributed by atoms with E-state index < -0.39 is 15.6 Å². The number of hydrogen-bond donors (Lipinski definition) is 1. The van der Waals surface area contributed by atoms with Crippen molar-refractivity contribution in [3.05, 3.63) is 65.7 Å². The maximum atomic E-state index is 12.6. The van der Waals surface area contributed by atoms with Gasteiger partial charge in [0.25, 0.3) is 5.91 Å². The molecule has 0 bridgehead atoms. The van der Waals surface area contributed by atoms with Crippen LogP contribution < -0.4 is 5.32 Å². The number of piperidine rings is 1. The number of benzene rings is 2. The minimum atomic E-state index is -4.56. The number of nitrogens with one attached hydrogen (secondary N) is 1. The summed E-state index contributed by atoms with van der Waals surface area (Å²) in [6, 6.07) is 14.8. The first kappa shape index (κ1) is 20.4. The number of likely N-dealkylation sites (tertiary alicyclic amines) is 1. The van der Waals surface area contributed by atoms with E-state index >= 15 is 0 Å². The van der Waals surface area contributed by atoms with Crippen molar-refractivity contribution in [3.8, 4) is 0 Å². The van der Waals surface area contributed by atoms with Gasteiger partial charge in [-0.05, 0) is 42.7 Å². The Kier molecular flexibility index (Phi) is 6.41. The van der Waals surface area contributed by atoms with E-state index in [2.05, 4.69) is 10.2 Å². The Hall–Kier alpha value is -2.32. The quantitative estimate of drug-likeness (QED) is 0.798. The van der Waals surface area contributed by atoms with Crippen LogP contribution in [0.1, 0.15) is 28.8 Å². The van der Waals surface area contributed by atoms with Crippen molar-refractivity contribution in [2.45, 2.75) is 36.1 Å². The minimum absolute atomic E-state index is 0.0742. The molecule has 0 atom stereocenters. The number of carbonyl (C=O) groups is 1. The summed E-state index contributed by atoms with van der Waals surface area (Å²) in [5.41, 5.74) is 1.50. The molecule has 8 heteroatoms. The molecule has 1 aliphatic heterocycles. The predicted octanol–water partition coefficient (Wildman–Crippen LogP) is 3.08. The van der Waals surface area contributed by atoms with Crippen molar-refractivity contribution in [2.24, 2.45) is 0 Å². The minimum Gasteiger partial charge on any atom is -0.349 e. The van der Waals surface area contributed by atoms with Gasteiger partial charge in [-0.2, -0.15) is 8.78 Å². The van der Waals surface area contributed by atoms with Crippen LogP contribution in [0.3, 0.4) is 0 Å². The van der Waals surface area contributed by atoms with Crippen molar-refractivity contribution in [1.82, 2.24) is 10.2 Å².